The summed E-state index contributed by atoms with van der Waals surface area (Å²) in [5.41, 5.74) is 1.36. The molecule has 0 unspecified atom stereocenters. The van der Waals surface area contributed by atoms with Gasteiger partial charge in [-0.05, 0) is 48.8 Å². The Labute approximate surface area is 185 Å². The highest BCUT2D eigenvalue weighted by Crippen LogP contribution is 2.53. The van der Waals surface area contributed by atoms with Gasteiger partial charge in [-0.2, -0.15) is 0 Å². The summed E-state index contributed by atoms with van der Waals surface area (Å²) >= 11 is 6.06. The minimum absolute atomic E-state index is 0.0624. The minimum Gasteiger partial charge on any atom is -0.454 e. The summed E-state index contributed by atoms with van der Waals surface area (Å²) in [6.07, 6.45) is 4.83. The van der Waals surface area contributed by atoms with Crippen LogP contribution in [0, 0.1) is 36.5 Å². The Kier molecular flexibility index (Phi) is 5.64. The monoisotopic (exact) mass is 444 g/mol. The van der Waals surface area contributed by atoms with Crippen molar-refractivity contribution in [1.82, 2.24) is 4.90 Å². The molecule has 1 aliphatic heterocycles. The normalized spacial score (nSPS) is 27.1. The molecular formula is C23H25ClN2O5. The zero-order valence-electron chi connectivity index (χ0n) is 17.6. The summed E-state index contributed by atoms with van der Waals surface area (Å²) in [5.74, 6) is -2.88. The van der Waals surface area contributed by atoms with Crippen LogP contribution in [0.4, 0.5) is 5.69 Å². The van der Waals surface area contributed by atoms with Crippen molar-refractivity contribution >= 4 is 41.0 Å². The lowest BCUT2D eigenvalue weighted by Gasteiger charge is -2.28. The lowest BCUT2D eigenvalue weighted by molar-refractivity contribution is -0.162. The van der Waals surface area contributed by atoms with Gasteiger partial charge in [0.25, 0.3) is 5.91 Å². The Balaban J connectivity index is 1.41. The number of fused-ring (bicyclic) bond motifs is 5. The second-order valence-electron chi connectivity index (χ2n) is 8.86. The number of hydrogen-bond donors (Lipinski definition) is 1. The van der Waals surface area contributed by atoms with E-state index in [0.717, 1.165) is 16.9 Å². The molecule has 2 aliphatic carbocycles. The number of ether oxygens (including phenoxy) is 1. The van der Waals surface area contributed by atoms with Gasteiger partial charge in [-0.1, -0.05) is 43.7 Å². The Bertz CT molecular complexity index is 958. The number of carbonyl (C=O) groups is 4. The van der Waals surface area contributed by atoms with E-state index < -0.39 is 24.5 Å². The molecule has 3 amide bonds. The van der Waals surface area contributed by atoms with Gasteiger partial charge in [0.1, 0.15) is 6.04 Å². The predicted molar refractivity (Wildman–Crippen MR) is 114 cm³/mol. The molecule has 1 aromatic rings. The van der Waals surface area contributed by atoms with Gasteiger partial charge in [0, 0.05) is 10.7 Å². The standard InChI is InChI=1S/C23H25ClN2O5/c1-11(2)20(26-21(28)18-13-5-6-14(8-13)19(18)22(26)29)23(30)31-10-17(27)25-15-7-4-12(3)16(24)9-15/h4-7,9,11,13-14,18-20H,8,10H2,1-3H3,(H,25,27)/t13-,14-,18+,19+,20-/m0/s1. The maximum absolute atomic E-state index is 13.0. The largest absolute Gasteiger partial charge is 0.454 e. The fraction of sp³-hybridized carbons (Fsp3) is 0.478. The van der Waals surface area contributed by atoms with Crippen LogP contribution in [-0.4, -0.2) is 41.2 Å². The van der Waals surface area contributed by atoms with E-state index in [4.69, 9.17) is 16.3 Å². The molecule has 5 atom stereocenters. The second kappa shape index (κ2) is 8.11. The average molecular weight is 445 g/mol. The van der Waals surface area contributed by atoms with Crippen LogP contribution in [0.3, 0.4) is 0 Å². The van der Waals surface area contributed by atoms with Crippen LogP contribution in [0.1, 0.15) is 25.8 Å². The SMILES string of the molecule is Cc1ccc(NC(=O)COC(=O)[C@H](C(C)C)N2C(=O)[C@H]3[C@H](C2=O)[C@H]2C=C[C@H]3C2)cc1Cl. The van der Waals surface area contributed by atoms with Gasteiger partial charge in [-0.15, -0.1) is 0 Å². The van der Waals surface area contributed by atoms with Crippen molar-refractivity contribution in [3.63, 3.8) is 0 Å². The van der Waals surface area contributed by atoms with E-state index in [-0.39, 0.29) is 41.4 Å². The smallest absolute Gasteiger partial charge is 0.330 e. The van der Waals surface area contributed by atoms with Crippen LogP contribution in [-0.2, 0) is 23.9 Å². The third-order valence-electron chi connectivity index (χ3n) is 6.46. The van der Waals surface area contributed by atoms with Crippen molar-refractivity contribution in [3.05, 3.63) is 40.9 Å². The maximum Gasteiger partial charge on any atom is 0.330 e. The van der Waals surface area contributed by atoms with Crippen LogP contribution < -0.4 is 5.32 Å². The van der Waals surface area contributed by atoms with Crippen molar-refractivity contribution in [2.75, 3.05) is 11.9 Å². The van der Waals surface area contributed by atoms with Gasteiger partial charge in [0.15, 0.2) is 6.61 Å². The van der Waals surface area contributed by atoms with E-state index in [1.165, 1.54) is 0 Å². The van der Waals surface area contributed by atoms with Crippen LogP contribution in [0.2, 0.25) is 5.02 Å². The van der Waals surface area contributed by atoms with Crippen LogP contribution in [0.5, 0.6) is 0 Å². The summed E-state index contributed by atoms with van der Waals surface area (Å²) in [5, 5.41) is 3.13. The summed E-state index contributed by atoms with van der Waals surface area (Å²) in [6, 6.07) is 4.02. The number of anilines is 1. The van der Waals surface area contributed by atoms with Crippen LogP contribution in [0.25, 0.3) is 0 Å². The summed E-state index contributed by atoms with van der Waals surface area (Å²) in [4.78, 5) is 52.2. The molecule has 0 spiro atoms. The Morgan fingerprint density at radius 2 is 1.77 bits per heavy atom. The molecule has 164 valence electrons. The van der Waals surface area contributed by atoms with Gasteiger partial charge in [0.2, 0.25) is 11.8 Å². The van der Waals surface area contributed by atoms with Gasteiger partial charge >= 0.3 is 5.97 Å². The Hall–Kier alpha value is -2.67. The second-order valence-corrected chi connectivity index (χ2v) is 9.26. The van der Waals surface area contributed by atoms with E-state index in [9.17, 15) is 19.2 Å². The number of esters is 1. The van der Waals surface area contributed by atoms with E-state index in [1.54, 1.807) is 32.0 Å². The number of halogens is 1. The van der Waals surface area contributed by atoms with E-state index in [0.29, 0.717) is 10.7 Å². The molecule has 2 bridgehead atoms. The molecular weight excluding hydrogens is 420 g/mol. The van der Waals surface area contributed by atoms with Gasteiger partial charge in [0.05, 0.1) is 11.8 Å². The maximum atomic E-state index is 13.0. The number of imide groups is 1. The van der Waals surface area contributed by atoms with Crippen molar-refractivity contribution in [3.8, 4) is 0 Å². The van der Waals surface area contributed by atoms with Gasteiger partial charge in [-0.25, -0.2) is 4.79 Å². The first-order valence-electron chi connectivity index (χ1n) is 10.5. The van der Waals surface area contributed by atoms with Crippen LogP contribution >= 0.6 is 11.6 Å². The van der Waals surface area contributed by atoms with E-state index >= 15 is 0 Å². The fourth-order valence-corrected chi connectivity index (χ4v) is 5.15. The summed E-state index contributed by atoms with van der Waals surface area (Å²) in [6.45, 7) is 4.82. The third kappa shape index (κ3) is 3.76. The first kappa shape index (κ1) is 21.6. The number of allylic oxidation sites excluding steroid dienone is 2. The number of nitrogens with zero attached hydrogens (tertiary/aromatic N) is 1. The number of nitrogens with one attached hydrogen (secondary N) is 1. The number of rotatable bonds is 6. The molecule has 2 fully saturated rings. The summed E-state index contributed by atoms with van der Waals surface area (Å²) < 4.78 is 5.21. The summed E-state index contributed by atoms with van der Waals surface area (Å²) in [7, 11) is 0. The van der Waals surface area contributed by atoms with Crippen molar-refractivity contribution < 1.29 is 23.9 Å². The molecule has 0 radical (unpaired) electrons. The predicted octanol–water partition coefficient (Wildman–Crippen LogP) is 2.96. The van der Waals surface area contributed by atoms with Gasteiger partial charge in [-0.3, -0.25) is 19.3 Å². The molecule has 3 aliphatic rings. The molecule has 4 rings (SSSR count). The first-order chi connectivity index (χ1) is 14.7. The quantitative estimate of drug-likeness (QED) is 0.413. The highest BCUT2D eigenvalue weighted by Gasteiger charge is 2.61. The van der Waals surface area contributed by atoms with Crippen LogP contribution in [0.15, 0.2) is 30.4 Å². The number of likely N-dealkylation sites (tertiary alicyclic amines) is 1. The molecule has 7 nitrogen and oxygen atoms in total. The van der Waals surface area contributed by atoms with E-state index in [2.05, 4.69) is 5.32 Å². The molecule has 1 aromatic carbocycles. The lowest BCUT2D eigenvalue weighted by atomic mass is 9.85. The Morgan fingerprint density at radius 1 is 1.16 bits per heavy atom. The molecule has 8 heteroatoms. The van der Waals surface area contributed by atoms with Crippen molar-refractivity contribution in [1.29, 1.82) is 0 Å². The highest BCUT2D eigenvalue weighted by molar-refractivity contribution is 6.31. The topological polar surface area (TPSA) is 92.8 Å². The average Bonchev–Trinajstić information content (AvgIpc) is 3.39. The number of hydrogen-bond acceptors (Lipinski definition) is 5. The van der Waals surface area contributed by atoms with E-state index in [1.807, 2.05) is 19.1 Å². The Morgan fingerprint density at radius 3 is 2.32 bits per heavy atom. The lowest BCUT2D eigenvalue weighted by Crippen LogP contribution is -2.50. The molecule has 1 saturated heterocycles. The molecule has 31 heavy (non-hydrogen) atoms. The first-order valence-corrected chi connectivity index (χ1v) is 10.8. The number of aryl methyl sites for hydroxylation is 1. The molecule has 1 heterocycles. The third-order valence-corrected chi connectivity index (χ3v) is 6.86. The number of carbonyl (C=O) groups excluding carboxylic acids is 4. The zero-order chi connectivity index (χ0) is 22.4. The molecule has 1 N–H and O–H groups in total. The van der Waals surface area contributed by atoms with Crippen molar-refractivity contribution in [2.24, 2.45) is 29.6 Å². The van der Waals surface area contributed by atoms with Crippen molar-refractivity contribution in [2.45, 2.75) is 33.2 Å². The number of benzene rings is 1. The fourth-order valence-electron chi connectivity index (χ4n) is 4.97. The minimum atomic E-state index is -1.05. The van der Waals surface area contributed by atoms with Gasteiger partial charge < -0.3 is 10.1 Å². The molecule has 1 saturated carbocycles. The zero-order valence-corrected chi connectivity index (χ0v) is 18.4. The number of amides is 3. The highest BCUT2D eigenvalue weighted by atomic mass is 35.5. The molecule has 0 aromatic heterocycles.